The summed E-state index contributed by atoms with van der Waals surface area (Å²) in [6.45, 7) is 3.05. The van der Waals surface area contributed by atoms with Gasteiger partial charge >= 0.3 is 0 Å². The van der Waals surface area contributed by atoms with Crippen LogP contribution in [0.5, 0.6) is 17.2 Å². The van der Waals surface area contributed by atoms with Crippen LogP contribution in [-0.2, 0) is 20.7 Å². The number of phenols is 2. The van der Waals surface area contributed by atoms with Crippen LogP contribution in [0.2, 0.25) is 0 Å². The number of ketones is 2. The molecule has 8 N–H and O–H groups in total. The van der Waals surface area contributed by atoms with Crippen molar-refractivity contribution in [3.05, 3.63) is 51.6 Å². The molecule has 59 heavy (non-hydrogen) atoms. The fourth-order valence-electron chi connectivity index (χ4n) is 8.74. The quantitative estimate of drug-likeness (QED) is 0.0261. The molecule has 3 aliphatic rings. The molecule has 1 amide bonds. The number of methoxy groups -OCH3 is 1. The zero-order valence-electron chi connectivity index (χ0n) is 35.0. The molecule has 0 aromatic heterocycles. The molecule has 1 heterocycles. The third-order valence-corrected chi connectivity index (χ3v) is 12.2. The summed E-state index contributed by atoms with van der Waals surface area (Å²) < 4.78 is 17.5. The van der Waals surface area contributed by atoms with E-state index in [1.807, 2.05) is 0 Å². The van der Waals surface area contributed by atoms with Crippen LogP contribution in [-0.4, -0.2) is 92.6 Å². The fraction of sp³-hybridized carbons (Fsp3) is 0.644. The first-order chi connectivity index (χ1) is 28.4. The van der Waals surface area contributed by atoms with Gasteiger partial charge in [-0.25, -0.2) is 5.43 Å². The Morgan fingerprint density at radius 2 is 1.51 bits per heavy atom. The summed E-state index contributed by atoms with van der Waals surface area (Å²) in [6, 6.07) is 3.70. The SMILES string of the molecule is CCCCCCCCCCCCCCCCCC(=O)N/N=C(\CO)[C@@]1(O)Cc2c(O)c3c(c(O)c2[C@@H](O[C@H]2C[C@@H](N)[C@@H](O)C(C)O2)C1)C(=O)c1c(OC)cccc1C3=O. The number of hydrogen-bond acceptors (Lipinski definition) is 13. The monoisotopic (exact) mass is 823 g/mol. The van der Waals surface area contributed by atoms with Gasteiger partial charge in [0.05, 0.1) is 54.4 Å². The van der Waals surface area contributed by atoms with Crippen LogP contribution in [0.3, 0.4) is 0 Å². The lowest BCUT2D eigenvalue weighted by atomic mass is 9.71. The van der Waals surface area contributed by atoms with Crippen molar-refractivity contribution in [1.82, 2.24) is 5.43 Å². The van der Waals surface area contributed by atoms with E-state index in [1.54, 1.807) is 6.92 Å². The van der Waals surface area contributed by atoms with Gasteiger partial charge in [-0.1, -0.05) is 109 Å². The number of aliphatic hydroxyl groups excluding tert-OH is 2. The number of carbonyl (C=O) groups is 3. The van der Waals surface area contributed by atoms with Crippen LogP contribution >= 0.6 is 0 Å². The summed E-state index contributed by atoms with van der Waals surface area (Å²) >= 11 is 0. The molecule has 1 saturated heterocycles. The molecule has 326 valence electrons. The van der Waals surface area contributed by atoms with E-state index in [2.05, 4.69) is 17.5 Å². The summed E-state index contributed by atoms with van der Waals surface area (Å²) in [6.07, 6.45) is 13.2. The van der Waals surface area contributed by atoms with E-state index < -0.39 is 89.4 Å². The van der Waals surface area contributed by atoms with Gasteiger partial charge in [-0.05, 0) is 19.4 Å². The normalized spacial score (nSPS) is 24.1. The van der Waals surface area contributed by atoms with Crippen molar-refractivity contribution < 1.29 is 54.1 Å². The van der Waals surface area contributed by atoms with Crippen molar-refractivity contribution in [3.8, 4) is 17.2 Å². The maximum absolute atomic E-state index is 14.0. The average Bonchev–Trinajstić information content (AvgIpc) is 3.21. The van der Waals surface area contributed by atoms with Crippen LogP contribution in [0, 0.1) is 0 Å². The molecule has 5 rings (SSSR count). The predicted octanol–water partition coefficient (Wildman–Crippen LogP) is 6.17. The number of nitrogens with zero attached hydrogens (tertiary/aromatic N) is 1. The summed E-state index contributed by atoms with van der Waals surface area (Å²) in [7, 11) is 1.34. The highest BCUT2D eigenvalue weighted by Gasteiger charge is 2.49. The first-order valence-electron chi connectivity index (χ1n) is 21.7. The number of hydrazone groups is 1. The van der Waals surface area contributed by atoms with E-state index in [9.17, 15) is 39.9 Å². The molecule has 14 heteroatoms. The van der Waals surface area contributed by atoms with Gasteiger partial charge in [-0.3, -0.25) is 14.4 Å². The molecular formula is C45H65N3O11. The molecule has 0 radical (unpaired) electrons. The van der Waals surface area contributed by atoms with Crippen molar-refractivity contribution in [3.63, 3.8) is 0 Å². The lowest BCUT2D eigenvalue weighted by Gasteiger charge is -2.43. The number of phenolic OH excluding ortho intramolecular Hbond substituents is 2. The minimum Gasteiger partial charge on any atom is -0.507 e. The predicted molar refractivity (Wildman–Crippen MR) is 222 cm³/mol. The number of aliphatic hydroxyl groups is 3. The van der Waals surface area contributed by atoms with Crippen molar-refractivity contribution in [1.29, 1.82) is 0 Å². The van der Waals surface area contributed by atoms with Gasteiger partial charge in [0.1, 0.15) is 22.8 Å². The minimum absolute atomic E-state index is 0.0196. The molecular weight excluding hydrogens is 759 g/mol. The maximum atomic E-state index is 14.0. The number of rotatable bonds is 22. The summed E-state index contributed by atoms with van der Waals surface area (Å²) in [5.41, 5.74) is 5.07. The molecule has 0 spiro atoms. The van der Waals surface area contributed by atoms with Gasteiger partial charge in [0.2, 0.25) is 11.7 Å². The molecule has 2 aromatic rings. The molecule has 2 aliphatic carbocycles. The second kappa shape index (κ2) is 21.6. The zero-order valence-corrected chi connectivity index (χ0v) is 35.0. The second-order valence-corrected chi connectivity index (χ2v) is 16.5. The molecule has 14 nitrogen and oxygen atoms in total. The summed E-state index contributed by atoms with van der Waals surface area (Å²) in [5, 5.41) is 60.9. The van der Waals surface area contributed by atoms with Gasteiger partial charge < -0.3 is 45.5 Å². The van der Waals surface area contributed by atoms with Gasteiger partial charge in [-0.15, -0.1) is 0 Å². The van der Waals surface area contributed by atoms with Gasteiger partial charge in [0, 0.05) is 48.4 Å². The number of nitrogens with two attached hydrogens (primary N) is 1. The van der Waals surface area contributed by atoms with Gasteiger partial charge in [0.25, 0.3) is 0 Å². The Morgan fingerprint density at radius 3 is 2.08 bits per heavy atom. The smallest absolute Gasteiger partial charge is 0.240 e. The third-order valence-electron chi connectivity index (χ3n) is 12.2. The van der Waals surface area contributed by atoms with E-state index >= 15 is 0 Å². The van der Waals surface area contributed by atoms with Crippen LogP contribution in [0.25, 0.3) is 0 Å². The zero-order chi connectivity index (χ0) is 42.7. The summed E-state index contributed by atoms with van der Waals surface area (Å²) in [5.74, 6) is -3.10. The number of ether oxygens (including phenoxy) is 3. The van der Waals surface area contributed by atoms with E-state index in [4.69, 9.17) is 19.9 Å². The Hall–Kier alpha value is -3.92. The third kappa shape index (κ3) is 10.9. The number of benzene rings is 2. The lowest BCUT2D eigenvalue weighted by molar-refractivity contribution is -0.245. The van der Waals surface area contributed by atoms with Crippen molar-refractivity contribution in [2.75, 3.05) is 13.7 Å². The number of carbonyl (C=O) groups excluding carboxylic acids is 3. The van der Waals surface area contributed by atoms with Crippen molar-refractivity contribution >= 4 is 23.2 Å². The van der Waals surface area contributed by atoms with Crippen LogP contribution < -0.4 is 15.9 Å². The Bertz CT molecular complexity index is 1800. The van der Waals surface area contributed by atoms with Crippen molar-refractivity contribution in [2.45, 2.75) is 172 Å². The first kappa shape index (κ1) is 46.2. The van der Waals surface area contributed by atoms with E-state index in [0.29, 0.717) is 6.42 Å². The highest BCUT2D eigenvalue weighted by molar-refractivity contribution is 6.31. The Labute approximate surface area is 347 Å². The van der Waals surface area contributed by atoms with Crippen LogP contribution in [0.1, 0.15) is 178 Å². The van der Waals surface area contributed by atoms with Crippen LogP contribution in [0.4, 0.5) is 0 Å². The van der Waals surface area contributed by atoms with E-state index in [1.165, 1.54) is 95.9 Å². The minimum atomic E-state index is -2.09. The molecule has 1 unspecified atom stereocenters. The number of fused-ring (bicyclic) bond motifs is 3. The molecule has 6 atom stereocenters. The Morgan fingerprint density at radius 1 is 0.915 bits per heavy atom. The topological polar surface area (TPSA) is 230 Å². The van der Waals surface area contributed by atoms with E-state index in [0.717, 1.165) is 19.3 Å². The number of nitrogens with one attached hydrogen (secondary N) is 1. The standard InChI is InChI=1S/C45H65N3O11/c1-4-5-6-7-8-9-10-11-12-13-14-15-16-17-18-22-34(50)48-47-33(26-49)45(56)24-29-37(32(25-45)59-35-23-30(46)40(51)27(2)58-35)44(55)39-38(42(29)53)41(52)28-20-19-21-31(57-3)36(28)43(39)54/h19-21,27,30,32,35,40,49,51,53,55-56H,4-18,22-26,46H2,1-3H3,(H,48,50)/b47-33+/t27?,30-,32+,35+,40+,45-/m1/s1. The Kier molecular flexibility index (Phi) is 16.9. The maximum Gasteiger partial charge on any atom is 0.240 e. The van der Waals surface area contributed by atoms with Gasteiger partial charge in [0.15, 0.2) is 12.1 Å². The average molecular weight is 824 g/mol. The van der Waals surface area contributed by atoms with E-state index in [-0.39, 0.29) is 53.0 Å². The molecule has 1 fully saturated rings. The number of amides is 1. The Balaban J connectivity index is 1.26. The first-order valence-corrected chi connectivity index (χ1v) is 21.7. The number of aromatic hydroxyl groups is 2. The van der Waals surface area contributed by atoms with Gasteiger partial charge in [-0.2, -0.15) is 5.10 Å². The van der Waals surface area contributed by atoms with Crippen molar-refractivity contribution in [2.24, 2.45) is 10.8 Å². The van der Waals surface area contributed by atoms with Crippen LogP contribution in [0.15, 0.2) is 23.3 Å². The molecule has 0 saturated carbocycles. The summed E-state index contributed by atoms with van der Waals surface area (Å²) in [4.78, 5) is 40.8. The molecule has 2 aromatic carbocycles. The lowest BCUT2D eigenvalue weighted by Crippen LogP contribution is -2.53. The number of unbranched alkanes of at least 4 members (excludes halogenated alkanes) is 14. The highest BCUT2D eigenvalue weighted by Crippen LogP contribution is 2.52. The second-order valence-electron chi connectivity index (χ2n) is 16.5. The molecule has 1 aliphatic heterocycles. The fourth-order valence-corrected chi connectivity index (χ4v) is 8.74. The molecule has 0 bridgehead atoms. The highest BCUT2D eigenvalue weighted by atomic mass is 16.7. The number of hydrogen-bond donors (Lipinski definition) is 7. The largest absolute Gasteiger partial charge is 0.507 e.